The van der Waals surface area contributed by atoms with Gasteiger partial charge in [-0.2, -0.15) is 0 Å². The first-order valence-corrected chi connectivity index (χ1v) is 9.25. The predicted molar refractivity (Wildman–Crippen MR) is 102 cm³/mol. The van der Waals surface area contributed by atoms with Gasteiger partial charge in [0.15, 0.2) is 12.4 Å². The summed E-state index contributed by atoms with van der Waals surface area (Å²) >= 11 is 5.85. The minimum Gasteiger partial charge on any atom is -0.484 e. The second-order valence-electron chi connectivity index (χ2n) is 6.58. The largest absolute Gasteiger partial charge is 0.484 e. The van der Waals surface area contributed by atoms with Crippen LogP contribution in [0.1, 0.15) is 42.1 Å². The maximum atomic E-state index is 12.4. The summed E-state index contributed by atoms with van der Waals surface area (Å²) in [6.07, 6.45) is 3.28. The van der Waals surface area contributed by atoms with Crippen LogP contribution in [-0.4, -0.2) is 35.8 Å². The van der Waals surface area contributed by atoms with Crippen molar-refractivity contribution < 1.29 is 14.3 Å². The number of rotatable bonds is 5. The van der Waals surface area contributed by atoms with Crippen LogP contribution in [0.5, 0.6) is 5.75 Å². The van der Waals surface area contributed by atoms with Crippen LogP contribution in [0.4, 0.5) is 0 Å². The molecule has 1 saturated heterocycles. The fourth-order valence-corrected chi connectivity index (χ4v) is 3.29. The first-order chi connectivity index (χ1) is 12.5. The zero-order valence-corrected chi connectivity index (χ0v) is 15.5. The monoisotopic (exact) mass is 371 g/mol. The van der Waals surface area contributed by atoms with Crippen molar-refractivity contribution in [3.8, 4) is 5.75 Å². The summed E-state index contributed by atoms with van der Waals surface area (Å²) in [5.41, 5.74) is 1.15. The van der Waals surface area contributed by atoms with Gasteiger partial charge in [0.05, 0.1) is 0 Å². The van der Waals surface area contributed by atoms with E-state index in [0.717, 1.165) is 19.4 Å². The quantitative estimate of drug-likeness (QED) is 0.734. The van der Waals surface area contributed by atoms with Gasteiger partial charge in [-0.25, -0.2) is 0 Å². The third-order valence-electron chi connectivity index (χ3n) is 4.71. The number of piperidine rings is 1. The summed E-state index contributed by atoms with van der Waals surface area (Å²) in [6.45, 7) is 2.90. The fraction of sp³-hybridized carbons (Fsp3) is 0.333. The molecule has 0 aromatic heterocycles. The molecule has 4 nitrogen and oxygen atoms in total. The normalized spacial score (nSPS) is 17.0. The molecule has 0 bridgehead atoms. The molecule has 0 N–H and O–H groups in total. The molecule has 2 aromatic rings. The third kappa shape index (κ3) is 4.44. The summed E-state index contributed by atoms with van der Waals surface area (Å²) in [5.74, 6) is 0.514. The van der Waals surface area contributed by atoms with Crippen LogP contribution in [0.2, 0.25) is 5.02 Å². The number of ether oxygens (including phenoxy) is 1. The van der Waals surface area contributed by atoms with Gasteiger partial charge in [-0.05, 0) is 74.7 Å². The van der Waals surface area contributed by atoms with Crippen molar-refractivity contribution in [2.75, 3.05) is 13.2 Å². The van der Waals surface area contributed by atoms with Gasteiger partial charge in [0.1, 0.15) is 5.75 Å². The molecule has 26 heavy (non-hydrogen) atoms. The van der Waals surface area contributed by atoms with Crippen LogP contribution in [0, 0.1) is 0 Å². The van der Waals surface area contributed by atoms with Crippen LogP contribution < -0.4 is 4.74 Å². The average Bonchev–Trinajstić information content (AvgIpc) is 2.67. The molecular formula is C21H22ClNO3. The molecule has 1 fully saturated rings. The lowest BCUT2D eigenvalue weighted by Crippen LogP contribution is -2.44. The fourth-order valence-electron chi connectivity index (χ4n) is 3.17. The van der Waals surface area contributed by atoms with Gasteiger partial charge in [0, 0.05) is 28.7 Å². The number of amides is 1. The van der Waals surface area contributed by atoms with Gasteiger partial charge in [-0.3, -0.25) is 9.59 Å². The van der Waals surface area contributed by atoms with Crippen LogP contribution in [0.25, 0.3) is 0 Å². The van der Waals surface area contributed by atoms with Gasteiger partial charge in [-0.1, -0.05) is 11.6 Å². The highest BCUT2D eigenvalue weighted by Crippen LogP contribution is 2.19. The summed E-state index contributed by atoms with van der Waals surface area (Å²) in [6, 6.07) is 13.9. The van der Waals surface area contributed by atoms with E-state index in [-0.39, 0.29) is 24.3 Å². The number of benzene rings is 2. The molecule has 0 unspecified atom stereocenters. The molecule has 0 radical (unpaired) electrons. The number of carbonyl (C=O) groups excluding carboxylic acids is 2. The van der Waals surface area contributed by atoms with Crippen molar-refractivity contribution in [1.82, 2.24) is 4.90 Å². The average molecular weight is 372 g/mol. The number of likely N-dealkylation sites (tertiary alicyclic amines) is 1. The Balaban J connectivity index is 1.58. The Bertz CT molecular complexity index is 771. The highest BCUT2D eigenvalue weighted by Gasteiger charge is 2.23. The summed E-state index contributed by atoms with van der Waals surface area (Å²) in [5, 5.41) is 0.595. The Hall–Kier alpha value is -2.33. The molecule has 1 amide bonds. The molecule has 1 aliphatic rings. The first-order valence-electron chi connectivity index (χ1n) is 8.87. The molecule has 1 aliphatic heterocycles. The molecule has 0 spiro atoms. The van der Waals surface area contributed by atoms with E-state index in [9.17, 15) is 9.59 Å². The lowest BCUT2D eigenvalue weighted by Gasteiger charge is -2.33. The third-order valence-corrected chi connectivity index (χ3v) is 4.96. The summed E-state index contributed by atoms with van der Waals surface area (Å²) in [4.78, 5) is 26.6. The van der Waals surface area contributed by atoms with Crippen LogP contribution in [0.15, 0.2) is 48.5 Å². The van der Waals surface area contributed by atoms with Crippen molar-refractivity contribution in [3.05, 3.63) is 64.7 Å². The van der Waals surface area contributed by atoms with Gasteiger partial charge in [-0.15, -0.1) is 0 Å². The summed E-state index contributed by atoms with van der Waals surface area (Å²) in [7, 11) is 0. The maximum Gasteiger partial charge on any atom is 0.260 e. The topological polar surface area (TPSA) is 46.6 Å². The highest BCUT2D eigenvalue weighted by molar-refractivity contribution is 6.30. The predicted octanol–water partition coefficient (Wildman–Crippen LogP) is 4.35. The zero-order valence-electron chi connectivity index (χ0n) is 14.8. The number of ketones is 1. The van der Waals surface area contributed by atoms with Gasteiger partial charge >= 0.3 is 0 Å². The minimum atomic E-state index is -0.0774. The van der Waals surface area contributed by atoms with Gasteiger partial charge < -0.3 is 9.64 Å². The van der Waals surface area contributed by atoms with E-state index in [0.29, 0.717) is 21.9 Å². The van der Waals surface area contributed by atoms with Crippen LogP contribution in [0.3, 0.4) is 0 Å². The Morgan fingerprint density at radius 3 is 2.27 bits per heavy atom. The van der Waals surface area contributed by atoms with E-state index in [1.165, 1.54) is 6.42 Å². The zero-order chi connectivity index (χ0) is 18.5. The molecule has 0 aliphatic carbocycles. The number of carbonyl (C=O) groups is 2. The van der Waals surface area contributed by atoms with E-state index < -0.39 is 0 Å². The first kappa shape index (κ1) is 18.5. The highest BCUT2D eigenvalue weighted by atomic mass is 35.5. The molecule has 2 aromatic carbocycles. The molecule has 0 saturated carbocycles. The van der Waals surface area contributed by atoms with E-state index in [1.807, 2.05) is 4.90 Å². The minimum absolute atomic E-state index is 0.0125. The molecule has 1 heterocycles. The number of hydrogen-bond donors (Lipinski definition) is 0. The van der Waals surface area contributed by atoms with Crippen molar-refractivity contribution in [2.45, 2.75) is 32.2 Å². The number of nitrogens with zero attached hydrogens (tertiary/aromatic N) is 1. The van der Waals surface area contributed by atoms with Crippen molar-refractivity contribution in [3.63, 3.8) is 0 Å². The van der Waals surface area contributed by atoms with Gasteiger partial charge in [0.2, 0.25) is 0 Å². The Labute approximate surface area is 158 Å². The van der Waals surface area contributed by atoms with Crippen LogP contribution in [-0.2, 0) is 4.79 Å². The molecule has 136 valence electrons. The molecular weight excluding hydrogens is 350 g/mol. The van der Waals surface area contributed by atoms with Gasteiger partial charge in [0.25, 0.3) is 5.91 Å². The lowest BCUT2D eigenvalue weighted by atomic mass is 10.0. The lowest BCUT2D eigenvalue weighted by molar-refractivity contribution is -0.136. The SMILES string of the molecule is C[C@H]1CCCCN1C(=O)COc1ccc(C(=O)c2ccc(Cl)cc2)cc1. The maximum absolute atomic E-state index is 12.4. The Kier molecular flexibility index (Phi) is 5.94. The summed E-state index contributed by atoms with van der Waals surface area (Å²) < 4.78 is 5.61. The van der Waals surface area contributed by atoms with E-state index >= 15 is 0 Å². The number of halogens is 1. The molecule has 3 rings (SSSR count). The second kappa shape index (κ2) is 8.37. The van der Waals surface area contributed by atoms with E-state index in [2.05, 4.69) is 6.92 Å². The van der Waals surface area contributed by atoms with E-state index in [4.69, 9.17) is 16.3 Å². The Morgan fingerprint density at radius 2 is 1.65 bits per heavy atom. The van der Waals surface area contributed by atoms with Crippen molar-refractivity contribution >= 4 is 23.3 Å². The number of hydrogen-bond acceptors (Lipinski definition) is 3. The second-order valence-corrected chi connectivity index (χ2v) is 7.02. The molecule has 1 atom stereocenters. The smallest absolute Gasteiger partial charge is 0.260 e. The van der Waals surface area contributed by atoms with Crippen LogP contribution >= 0.6 is 11.6 Å². The molecule has 5 heteroatoms. The standard InChI is InChI=1S/C21H22ClNO3/c1-15-4-2-3-13-23(15)20(24)14-26-19-11-7-17(8-12-19)21(25)16-5-9-18(22)10-6-16/h5-12,15H,2-4,13-14H2,1H3/t15-/m0/s1. The van der Waals surface area contributed by atoms with Crippen molar-refractivity contribution in [1.29, 1.82) is 0 Å². The van der Waals surface area contributed by atoms with E-state index in [1.54, 1.807) is 48.5 Å². The Morgan fingerprint density at radius 1 is 1.04 bits per heavy atom. The van der Waals surface area contributed by atoms with Crippen molar-refractivity contribution in [2.24, 2.45) is 0 Å².